The Hall–Kier alpha value is -1.55. The number of carbonyl (C=O) groups excluding carboxylic acids is 1. The molecule has 1 aliphatic rings. The van der Waals surface area contributed by atoms with Gasteiger partial charge in [-0.15, -0.1) is 0 Å². The molecule has 18 heavy (non-hydrogen) atoms. The number of phenols is 1. The highest BCUT2D eigenvalue weighted by atomic mass is 16.3. The number of hydrogen-bond donors (Lipinski definition) is 3. The van der Waals surface area contributed by atoms with E-state index in [-0.39, 0.29) is 11.7 Å². The molecule has 0 unspecified atom stereocenters. The van der Waals surface area contributed by atoms with Crippen LogP contribution in [0, 0.1) is 6.92 Å². The highest BCUT2D eigenvalue weighted by Crippen LogP contribution is 2.15. The van der Waals surface area contributed by atoms with Gasteiger partial charge in [-0.3, -0.25) is 4.79 Å². The normalized spacial score (nSPS) is 18.8. The average molecular weight is 248 g/mol. The van der Waals surface area contributed by atoms with Crippen molar-refractivity contribution >= 4 is 5.91 Å². The molecule has 1 fully saturated rings. The molecule has 0 aromatic heterocycles. The molecule has 0 spiro atoms. The van der Waals surface area contributed by atoms with Crippen molar-refractivity contribution in [2.45, 2.75) is 32.2 Å². The third-order valence-electron chi connectivity index (χ3n) is 3.40. The first kappa shape index (κ1) is 12.9. The number of carbonyl (C=O) groups is 1. The van der Waals surface area contributed by atoms with Crippen LogP contribution in [0.3, 0.4) is 0 Å². The number of nitrogens with one attached hydrogen (secondary N) is 2. The first-order chi connectivity index (χ1) is 8.66. The van der Waals surface area contributed by atoms with Crippen LogP contribution in [-0.4, -0.2) is 30.1 Å². The Balaban J connectivity index is 1.83. The smallest absolute Gasteiger partial charge is 0.251 e. The lowest BCUT2D eigenvalue weighted by Gasteiger charge is -2.11. The maximum absolute atomic E-state index is 11.9. The fourth-order valence-electron chi connectivity index (χ4n) is 2.36. The molecular formula is C14H20N2O2. The second-order valence-corrected chi connectivity index (χ2v) is 4.84. The van der Waals surface area contributed by atoms with Gasteiger partial charge in [0, 0.05) is 18.2 Å². The fourth-order valence-corrected chi connectivity index (χ4v) is 2.36. The van der Waals surface area contributed by atoms with Crippen molar-refractivity contribution in [3.8, 4) is 5.75 Å². The molecular weight excluding hydrogens is 228 g/mol. The number of aryl methyl sites for hydroxylation is 1. The zero-order valence-electron chi connectivity index (χ0n) is 10.7. The number of aromatic hydroxyl groups is 1. The molecule has 1 atom stereocenters. The van der Waals surface area contributed by atoms with Crippen LogP contribution < -0.4 is 10.6 Å². The summed E-state index contributed by atoms with van der Waals surface area (Å²) in [6.45, 7) is 3.61. The summed E-state index contributed by atoms with van der Waals surface area (Å²) in [6.07, 6.45) is 3.41. The van der Waals surface area contributed by atoms with Crippen LogP contribution in [0.4, 0.5) is 0 Å². The summed E-state index contributed by atoms with van der Waals surface area (Å²) in [4.78, 5) is 11.9. The minimum atomic E-state index is -0.0644. The Morgan fingerprint density at radius 2 is 2.39 bits per heavy atom. The summed E-state index contributed by atoms with van der Waals surface area (Å²) in [5.74, 6) is 0.129. The number of hydrogen-bond acceptors (Lipinski definition) is 3. The Labute approximate surface area is 107 Å². The van der Waals surface area contributed by atoms with Crippen molar-refractivity contribution in [3.63, 3.8) is 0 Å². The van der Waals surface area contributed by atoms with Gasteiger partial charge in [-0.1, -0.05) is 0 Å². The van der Waals surface area contributed by atoms with Crippen molar-refractivity contribution in [2.24, 2.45) is 0 Å². The maximum Gasteiger partial charge on any atom is 0.251 e. The number of amides is 1. The van der Waals surface area contributed by atoms with Crippen LogP contribution >= 0.6 is 0 Å². The van der Waals surface area contributed by atoms with Crippen LogP contribution in [-0.2, 0) is 0 Å². The molecule has 1 amide bonds. The Kier molecular flexibility index (Phi) is 4.20. The predicted molar refractivity (Wildman–Crippen MR) is 70.8 cm³/mol. The van der Waals surface area contributed by atoms with Crippen molar-refractivity contribution < 1.29 is 9.90 Å². The highest BCUT2D eigenvalue weighted by Gasteiger charge is 2.14. The first-order valence-corrected chi connectivity index (χ1v) is 6.48. The van der Waals surface area contributed by atoms with Crippen LogP contribution in [0.1, 0.15) is 35.2 Å². The predicted octanol–water partition coefficient (Wildman–Crippen LogP) is 1.57. The van der Waals surface area contributed by atoms with E-state index in [1.165, 1.54) is 12.8 Å². The van der Waals surface area contributed by atoms with Crippen LogP contribution in [0.25, 0.3) is 0 Å². The van der Waals surface area contributed by atoms with Crippen molar-refractivity contribution in [1.82, 2.24) is 10.6 Å². The van der Waals surface area contributed by atoms with E-state index in [0.29, 0.717) is 18.2 Å². The van der Waals surface area contributed by atoms with Crippen LogP contribution in [0.5, 0.6) is 5.75 Å². The monoisotopic (exact) mass is 248 g/mol. The zero-order chi connectivity index (χ0) is 13.0. The molecule has 98 valence electrons. The number of rotatable bonds is 4. The van der Waals surface area contributed by atoms with E-state index in [1.54, 1.807) is 18.2 Å². The molecule has 1 aliphatic heterocycles. The van der Waals surface area contributed by atoms with Gasteiger partial charge in [0.2, 0.25) is 0 Å². The SMILES string of the molecule is Cc1cc(O)ccc1C(=O)NCC[C@H]1CCCN1. The second kappa shape index (κ2) is 5.87. The van der Waals surface area contributed by atoms with Gasteiger partial charge in [0.15, 0.2) is 0 Å². The minimum Gasteiger partial charge on any atom is -0.508 e. The molecule has 4 nitrogen and oxygen atoms in total. The van der Waals surface area contributed by atoms with E-state index < -0.39 is 0 Å². The first-order valence-electron chi connectivity index (χ1n) is 6.48. The minimum absolute atomic E-state index is 0.0644. The molecule has 2 rings (SSSR count). The molecule has 0 bridgehead atoms. The largest absolute Gasteiger partial charge is 0.508 e. The van der Waals surface area contributed by atoms with Gasteiger partial charge >= 0.3 is 0 Å². The summed E-state index contributed by atoms with van der Waals surface area (Å²) in [5.41, 5.74) is 1.43. The quantitative estimate of drug-likeness (QED) is 0.758. The van der Waals surface area contributed by atoms with Gasteiger partial charge in [0.05, 0.1) is 0 Å². The lowest BCUT2D eigenvalue weighted by Crippen LogP contribution is -2.30. The second-order valence-electron chi connectivity index (χ2n) is 4.84. The lowest BCUT2D eigenvalue weighted by molar-refractivity contribution is 0.0951. The van der Waals surface area contributed by atoms with Crippen molar-refractivity contribution in [2.75, 3.05) is 13.1 Å². The van der Waals surface area contributed by atoms with Gasteiger partial charge < -0.3 is 15.7 Å². The van der Waals surface area contributed by atoms with E-state index >= 15 is 0 Å². The Bertz CT molecular complexity index is 426. The molecule has 1 aromatic rings. The maximum atomic E-state index is 11.9. The van der Waals surface area contributed by atoms with Crippen LogP contribution in [0.15, 0.2) is 18.2 Å². The fraction of sp³-hybridized carbons (Fsp3) is 0.500. The van der Waals surface area contributed by atoms with E-state index in [1.807, 2.05) is 6.92 Å². The highest BCUT2D eigenvalue weighted by molar-refractivity contribution is 5.95. The van der Waals surface area contributed by atoms with Crippen molar-refractivity contribution in [3.05, 3.63) is 29.3 Å². The van der Waals surface area contributed by atoms with Gasteiger partial charge in [-0.05, 0) is 56.5 Å². The molecule has 1 heterocycles. The van der Waals surface area contributed by atoms with Crippen LogP contribution in [0.2, 0.25) is 0 Å². The summed E-state index contributed by atoms with van der Waals surface area (Å²) in [7, 11) is 0. The summed E-state index contributed by atoms with van der Waals surface area (Å²) in [5, 5.41) is 15.6. The Morgan fingerprint density at radius 1 is 1.56 bits per heavy atom. The van der Waals surface area contributed by atoms with Gasteiger partial charge in [-0.25, -0.2) is 0 Å². The van der Waals surface area contributed by atoms with Gasteiger partial charge in [0.25, 0.3) is 5.91 Å². The van der Waals surface area contributed by atoms with Gasteiger partial charge in [0.1, 0.15) is 5.75 Å². The average Bonchev–Trinajstić information content (AvgIpc) is 2.81. The number of benzene rings is 1. The third-order valence-corrected chi connectivity index (χ3v) is 3.40. The summed E-state index contributed by atoms with van der Waals surface area (Å²) in [6, 6.07) is 5.35. The molecule has 3 N–H and O–H groups in total. The topological polar surface area (TPSA) is 61.4 Å². The number of phenolic OH excluding ortho intramolecular Hbond substituents is 1. The molecule has 0 aliphatic carbocycles. The molecule has 0 saturated carbocycles. The molecule has 0 radical (unpaired) electrons. The van der Waals surface area contributed by atoms with E-state index in [0.717, 1.165) is 18.5 Å². The molecule has 4 heteroatoms. The summed E-state index contributed by atoms with van der Waals surface area (Å²) < 4.78 is 0. The van der Waals surface area contributed by atoms with Gasteiger partial charge in [-0.2, -0.15) is 0 Å². The van der Waals surface area contributed by atoms with Crippen molar-refractivity contribution in [1.29, 1.82) is 0 Å². The standard InChI is InChI=1S/C14H20N2O2/c1-10-9-12(17)4-5-13(10)14(18)16-8-6-11-3-2-7-15-11/h4-5,9,11,15,17H,2-3,6-8H2,1H3,(H,16,18)/t11-/m1/s1. The molecule has 1 aromatic carbocycles. The Morgan fingerprint density at radius 3 is 3.06 bits per heavy atom. The van der Waals surface area contributed by atoms with E-state index in [9.17, 15) is 9.90 Å². The van der Waals surface area contributed by atoms with E-state index in [4.69, 9.17) is 0 Å². The van der Waals surface area contributed by atoms with E-state index in [2.05, 4.69) is 10.6 Å². The lowest BCUT2D eigenvalue weighted by atomic mass is 10.1. The summed E-state index contributed by atoms with van der Waals surface area (Å²) >= 11 is 0. The molecule has 1 saturated heterocycles. The third kappa shape index (κ3) is 3.23. The zero-order valence-corrected chi connectivity index (χ0v) is 10.7.